The van der Waals surface area contributed by atoms with E-state index in [1.54, 1.807) is 0 Å². The van der Waals surface area contributed by atoms with Crippen LogP contribution in [-0.4, -0.2) is 17.3 Å². The Morgan fingerprint density at radius 2 is 2.22 bits per heavy atom. The Morgan fingerprint density at radius 3 is 2.94 bits per heavy atom. The molecule has 0 saturated carbocycles. The summed E-state index contributed by atoms with van der Waals surface area (Å²) in [5.41, 5.74) is 1.35. The van der Waals surface area contributed by atoms with E-state index in [1.165, 1.54) is 0 Å². The van der Waals surface area contributed by atoms with Crippen molar-refractivity contribution in [2.75, 3.05) is 11.1 Å². The number of hydrogen-bond donors (Lipinski definition) is 2. The maximum Gasteiger partial charge on any atom is 0.225 e. The molecule has 18 heavy (non-hydrogen) atoms. The van der Waals surface area contributed by atoms with Crippen molar-refractivity contribution in [1.29, 1.82) is 0 Å². The van der Waals surface area contributed by atoms with Gasteiger partial charge in [0.25, 0.3) is 0 Å². The molecule has 3 nitrogen and oxygen atoms in total. The van der Waals surface area contributed by atoms with Gasteiger partial charge >= 0.3 is 0 Å². The summed E-state index contributed by atoms with van der Waals surface area (Å²) in [6.45, 7) is 3.97. The summed E-state index contributed by atoms with van der Waals surface area (Å²) < 4.78 is 5.91. The van der Waals surface area contributed by atoms with Gasteiger partial charge in [0.05, 0.1) is 5.69 Å². The van der Waals surface area contributed by atoms with Gasteiger partial charge in [-0.15, -0.1) is 0 Å². The van der Waals surface area contributed by atoms with Crippen LogP contribution in [0.5, 0.6) is 5.75 Å². The standard InChI is InChI=1S/C14H17NO2S/c1-14(2)8-6-10-4-3-5-11(13(10)17-14)15-12(16)7-9-18/h3-6,8,18H,7,9H2,1-2H3,(H,15,16). The predicted octanol–water partition coefficient (Wildman–Crippen LogP) is 3.13. The van der Waals surface area contributed by atoms with E-state index in [0.717, 1.165) is 17.0 Å². The van der Waals surface area contributed by atoms with Crippen LogP contribution in [0.15, 0.2) is 24.3 Å². The summed E-state index contributed by atoms with van der Waals surface area (Å²) in [4.78, 5) is 11.6. The molecule has 1 aliphatic rings. The number of ether oxygens (including phenoxy) is 1. The molecule has 0 spiro atoms. The topological polar surface area (TPSA) is 38.3 Å². The maximum atomic E-state index is 11.6. The van der Waals surface area contributed by atoms with E-state index in [9.17, 15) is 4.79 Å². The van der Waals surface area contributed by atoms with Crippen molar-refractivity contribution >= 4 is 30.3 Å². The fourth-order valence-corrected chi connectivity index (χ4v) is 2.00. The lowest BCUT2D eigenvalue weighted by Crippen LogP contribution is -2.28. The first-order chi connectivity index (χ1) is 8.52. The third-order valence-corrected chi connectivity index (χ3v) is 2.91. The third kappa shape index (κ3) is 2.88. The Morgan fingerprint density at radius 1 is 1.44 bits per heavy atom. The average Bonchev–Trinajstić information content (AvgIpc) is 2.29. The first-order valence-electron chi connectivity index (χ1n) is 5.94. The zero-order valence-electron chi connectivity index (χ0n) is 10.6. The van der Waals surface area contributed by atoms with Crippen molar-refractivity contribution in [3.05, 3.63) is 29.8 Å². The SMILES string of the molecule is CC1(C)C=Cc2cccc(NC(=O)CCS)c2O1. The van der Waals surface area contributed by atoms with E-state index in [4.69, 9.17) is 4.74 Å². The monoisotopic (exact) mass is 263 g/mol. The number of rotatable bonds is 3. The number of thiol groups is 1. The Hall–Kier alpha value is -1.42. The summed E-state index contributed by atoms with van der Waals surface area (Å²) >= 11 is 4.05. The van der Waals surface area contributed by atoms with E-state index >= 15 is 0 Å². The molecular formula is C14H17NO2S. The van der Waals surface area contributed by atoms with E-state index < -0.39 is 0 Å². The first-order valence-corrected chi connectivity index (χ1v) is 6.57. The summed E-state index contributed by atoms with van der Waals surface area (Å²) in [5, 5.41) is 2.86. The van der Waals surface area contributed by atoms with Gasteiger partial charge in [-0.25, -0.2) is 0 Å². The molecule has 1 N–H and O–H groups in total. The van der Waals surface area contributed by atoms with E-state index in [1.807, 2.05) is 44.2 Å². The van der Waals surface area contributed by atoms with Crippen molar-refractivity contribution in [2.24, 2.45) is 0 Å². The molecule has 96 valence electrons. The predicted molar refractivity (Wildman–Crippen MR) is 77.3 cm³/mol. The molecule has 1 amide bonds. The minimum absolute atomic E-state index is 0.0469. The van der Waals surface area contributed by atoms with Crippen LogP contribution in [-0.2, 0) is 4.79 Å². The zero-order chi connectivity index (χ0) is 13.2. The van der Waals surface area contributed by atoms with Crippen LogP contribution in [0.3, 0.4) is 0 Å². The van der Waals surface area contributed by atoms with Gasteiger partial charge < -0.3 is 10.1 Å². The molecule has 0 fully saturated rings. The Kier molecular flexibility index (Phi) is 3.66. The van der Waals surface area contributed by atoms with Gasteiger partial charge in [-0.1, -0.05) is 18.2 Å². The van der Waals surface area contributed by atoms with Crippen molar-refractivity contribution in [2.45, 2.75) is 25.9 Å². The Balaban J connectivity index is 2.28. The highest BCUT2D eigenvalue weighted by Crippen LogP contribution is 2.37. The Bertz CT molecular complexity index is 495. The molecule has 2 rings (SSSR count). The second-order valence-electron chi connectivity index (χ2n) is 4.78. The number of anilines is 1. The fraction of sp³-hybridized carbons (Fsp3) is 0.357. The second-order valence-corrected chi connectivity index (χ2v) is 5.23. The lowest BCUT2D eigenvalue weighted by atomic mass is 10.0. The zero-order valence-corrected chi connectivity index (χ0v) is 11.5. The minimum Gasteiger partial charge on any atom is -0.481 e. The molecule has 0 saturated heterocycles. The average molecular weight is 263 g/mol. The van der Waals surface area contributed by atoms with Crippen molar-refractivity contribution in [1.82, 2.24) is 0 Å². The quantitative estimate of drug-likeness (QED) is 0.822. The van der Waals surface area contributed by atoms with Gasteiger partial charge in [0.1, 0.15) is 5.60 Å². The van der Waals surface area contributed by atoms with Crippen LogP contribution >= 0.6 is 12.6 Å². The van der Waals surface area contributed by atoms with E-state index in [-0.39, 0.29) is 11.5 Å². The van der Waals surface area contributed by atoms with Crippen molar-refractivity contribution in [3.8, 4) is 5.75 Å². The largest absolute Gasteiger partial charge is 0.481 e. The van der Waals surface area contributed by atoms with Gasteiger partial charge in [0, 0.05) is 12.0 Å². The summed E-state index contributed by atoms with van der Waals surface area (Å²) in [6.07, 6.45) is 4.42. The molecule has 0 radical (unpaired) electrons. The molecular weight excluding hydrogens is 246 g/mol. The van der Waals surface area contributed by atoms with Crippen LogP contribution in [0.25, 0.3) is 6.08 Å². The lowest BCUT2D eigenvalue weighted by Gasteiger charge is -2.29. The number of nitrogens with one attached hydrogen (secondary N) is 1. The smallest absolute Gasteiger partial charge is 0.225 e. The van der Waals surface area contributed by atoms with Gasteiger partial charge in [0.2, 0.25) is 5.91 Å². The molecule has 0 bridgehead atoms. The summed E-state index contributed by atoms with van der Waals surface area (Å²) in [5.74, 6) is 1.22. The molecule has 1 aliphatic heterocycles. The maximum absolute atomic E-state index is 11.6. The van der Waals surface area contributed by atoms with Crippen molar-refractivity contribution < 1.29 is 9.53 Å². The number of carbonyl (C=O) groups excluding carboxylic acids is 1. The van der Waals surface area contributed by atoms with Gasteiger partial charge in [-0.05, 0) is 31.7 Å². The molecule has 1 heterocycles. The van der Waals surface area contributed by atoms with Crippen molar-refractivity contribution in [3.63, 3.8) is 0 Å². The Labute approximate surface area is 113 Å². The molecule has 1 aromatic rings. The number of benzene rings is 1. The second kappa shape index (κ2) is 5.06. The fourth-order valence-electron chi connectivity index (χ4n) is 1.80. The molecule has 4 heteroatoms. The van der Waals surface area contributed by atoms with Crippen LogP contribution in [0.1, 0.15) is 25.8 Å². The van der Waals surface area contributed by atoms with Crippen LogP contribution in [0, 0.1) is 0 Å². The first kappa shape index (κ1) is 13.0. The molecule has 1 aromatic carbocycles. The van der Waals surface area contributed by atoms with Gasteiger partial charge in [-0.2, -0.15) is 12.6 Å². The van der Waals surface area contributed by atoms with E-state index in [0.29, 0.717) is 12.2 Å². The highest BCUT2D eigenvalue weighted by Gasteiger charge is 2.24. The number of para-hydroxylation sites is 1. The molecule has 0 atom stereocenters. The molecule has 0 unspecified atom stereocenters. The van der Waals surface area contributed by atoms with E-state index in [2.05, 4.69) is 17.9 Å². The van der Waals surface area contributed by atoms with Gasteiger partial charge in [-0.3, -0.25) is 4.79 Å². The number of fused-ring (bicyclic) bond motifs is 1. The minimum atomic E-state index is -0.350. The number of amides is 1. The lowest BCUT2D eigenvalue weighted by molar-refractivity contribution is -0.115. The third-order valence-electron chi connectivity index (χ3n) is 2.69. The molecule has 0 aliphatic carbocycles. The highest BCUT2D eigenvalue weighted by molar-refractivity contribution is 7.80. The normalized spacial score (nSPS) is 15.7. The highest BCUT2D eigenvalue weighted by atomic mass is 32.1. The van der Waals surface area contributed by atoms with Crippen LogP contribution < -0.4 is 10.1 Å². The summed E-state index contributed by atoms with van der Waals surface area (Å²) in [7, 11) is 0. The molecule has 0 aromatic heterocycles. The number of hydrogen-bond acceptors (Lipinski definition) is 3. The summed E-state index contributed by atoms with van der Waals surface area (Å²) in [6, 6.07) is 5.72. The van der Waals surface area contributed by atoms with Crippen LogP contribution in [0.4, 0.5) is 5.69 Å². The number of carbonyl (C=O) groups is 1. The van der Waals surface area contributed by atoms with Gasteiger partial charge in [0.15, 0.2) is 5.75 Å². The van der Waals surface area contributed by atoms with Crippen LogP contribution in [0.2, 0.25) is 0 Å².